The van der Waals surface area contributed by atoms with Gasteiger partial charge in [0.25, 0.3) is 0 Å². The molecule has 0 aromatic rings. The highest BCUT2D eigenvalue weighted by Crippen LogP contribution is 2.21. The SMILES string of the molecule is CCN(CCN)C1CCSCC1. The van der Waals surface area contributed by atoms with Crippen LogP contribution in [-0.2, 0) is 0 Å². The summed E-state index contributed by atoms with van der Waals surface area (Å²) in [6, 6.07) is 0.819. The fourth-order valence-electron chi connectivity index (χ4n) is 1.82. The fourth-order valence-corrected chi connectivity index (χ4v) is 2.90. The standard InChI is InChI=1S/C9H20N2S/c1-2-11(6-5-10)9-3-7-12-8-4-9/h9H,2-8,10H2,1H3. The molecule has 0 aromatic heterocycles. The molecule has 2 nitrogen and oxygen atoms in total. The highest BCUT2D eigenvalue weighted by atomic mass is 32.2. The van der Waals surface area contributed by atoms with Crippen LogP contribution in [0.2, 0.25) is 0 Å². The molecule has 0 aliphatic carbocycles. The van der Waals surface area contributed by atoms with E-state index in [4.69, 9.17) is 5.73 Å². The van der Waals surface area contributed by atoms with Gasteiger partial charge in [0.05, 0.1) is 0 Å². The Morgan fingerprint density at radius 3 is 2.58 bits per heavy atom. The van der Waals surface area contributed by atoms with Crippen molar-refractivity contribution in [2.75, 3.05) is 31.1 Å². The van der Waals surface area contributed by atoms with Gasteiger partial charge in [-0.2, -0.15) is 11.8 Å². The van der Waals surface area contributed by atoms with Crippen molar-refractivity contribution < 1.29 is 0 Å². The highest BCUT2D eigenvalue weighted by Gasteiger charge is 2.18. The lowest BCUT2D eigenvalue weighted by atomic mass is 10.1. The second-order valence-electron chi connectivity index (χ2n) is 3.26. The molecule has 0 aromatic carbocycles. The number of rotatable bonds is 4. The molecule has 0 bridgehead atoms. The minimum Gasteiger partial charge on any atom is -0.329 e. The summed E-state index contributed by atoms with van der Waals surface area (Å²) in [7, 11) is 0. The van der Waals surface area contributed by atoms with Crippen molar-refractivity contribution in [2.24, 2.45) is 5.73 Å². The second kappa shape index (κ2) is 5.84. The summed E-state index contributed by atoms with van der Waals surface area (Å²) in [4.78, 5) is 2.53. The third-order valence-electron chi connectivity index (χ3n) is 2.53. The van der Waals surface area contributed by atoms with Crippen LogP contribution in [0.3, 0.4) is 0 Å². The Bertz CT molecular complexity index is 110. The van der Waals surface area contributed by atoms with Crippen molar-refractivity contribution in [3.8, 4) is 0 Å². The number of likely N-dealkylation sites (N-methyl/N-ethyl adjacent to an activating group) is 1. The lowest BCUT2D eigenvalue weighted by Gasteiger charge is -2.32. The largest absolute Gasteiger partial charge is 0.329 e. The molecule has 0 spiro atoms. The van der Waals surface area contributed by atoms with Crippen LogP contribution in [0.25, 0.3) is 0 Å². The van der Waals surface area contributed by atoms with Gasteiger partial charge in [0.15, 0.2) is 0 Å². The van der Waals surface area contributed by atoms with Gasteiger partial charge in [-0.05, 0) is 30.9 Å². The summed E-state index contributed by atoms with van der Waals surface area (Å²) in [6.45, 7) is 5.27. The van der Waals surface area contributed by atoms with E-state index in [1.807, 2.05) is 0 Å². The number of nitrogens with two attached hydrogens (primary N) is 1. The van der Waals surface area contributed by atoms with Crippen LogP contribution in [0.5, 0.6) is 0 Å². The van der Waals surface area contributed by atoms with E-state index in [9.17, 15) is 0 Å². The van der Waals surface area contributed by atoms with Gasteiger partial charge < -0.3 is 5.73 Å². The normalized spacial score (nSPS) is 20.2. The zero-order chi connectivity index (χ0) is 8.81. The molecule has 0 radical (unpaired) electrons. The zero-order valence-corrected chi connectivity index (χ0v) is 8.78. The highest BCUT2D eigenvalue weighted by molar-refractivity contribution is 7.99. The van der Waals surface area contributed by atoms with E-state index in [0.29, 0.717) is 0 Å². The summed E-state index contributed by atoms with van der Waals surface area (Å²) in [6.07, 6.45) is 2.72. The topological polar surface area (TPSA) is 29.3 Å². The van der Waals surface area contributed by atoms with Gasteiger partial charge in [0.2, 0.25) is 0 Å². The molecule has 0 amide bonds. The van der Waals surface area contributed by atoms with E-state index in [1.165, 1.54) is 24.3 Å². The van der Waals surface area contributed by atoms with Gasteiger partial charge in [-0.1, -0.05) is 6.92 Å². The van der Waals surface area contributed by atoms with Gasteiger partial charge in [0.1, 0.15) is 0 Å². The van der Waals surface area contributed by atoms with E-state index in [0.717, 1.165) is 25.7 Å². The Balaban J connectivity index is 2.29. The zero-order valence-electron chi connectivity index (χ0n) is 7.96. The van der Waals surface area contributed by atoms with Crippen molar-refractivity contribution in [3.05, 3.63) is 0 Å². The Hall–Kier alpha value is 0.270. The van der Waals surface area contributed by atoms with E-state index >= 15 is 0 Å². The summed E-state index contributed by atoms with van der Waals surface area (Å²) in [5.74, 6) is 2.68. The number of thioether (sulfide) groups is 1. The molecule has 0 saturated carbocycles. The van der Waals surface area contributed by atoms with Crippen molar-refractivity contribution >= 4 is 11.8 Å². The first-order valence-electron chi connectivity index (χ1n) is 4.90. The lowest BCUT2D eigenvalue weighted by molar-refractivity contribution is 0.200. The maximum absolute atomic E-state index is 5.56. The van der Waals surface area contributed by atoms with Crippen LogP contribution in [0.15, 0.2) is 0 Å². The average molecular weight is 188 g/mol. The van der Waals surface area contributed by atoms with Gasteiger partial charge in [-0.15, -0.1) is 0 Å². The van der Waals surface area contributed by atoms with Crippen LogP contribution in [0.1, 0.15) is 19.8 Å². The van der Waals surface area contributed by atoms with Crippen LogP contribution in [-0.4, -0.2) is 42.1 Å². The summed E-state index contributed by atoms with van der Waals surface area (Å²) >= 11 is 2.09. The molecule has 2 N–H and O–H groups in total. The third kappa shape index (κ3) is 2.96. The Morgan fingerprint density at radius 1 is 1.42 bits per heavy atom. The third-order valence-corrected chi connectivity index (χ3v) is 3.58. The van der Waals surface area contributed by atoms with Crippen molar-refractivity contribution in [2.45, 2.75) is 25.8 Å². The minimum atomic E-state index is 0.803. The van der Waals surface area contributed by atoms with Gasteiger partial charge in [-0.25, -0.2) is 0 Å². The molecule has 3 heteroatoms. The van der Waals surface area contributed by atoms with E-state index in [2.05, 4.69) is 23.6 Å². The number of hydrogen-bond acceptors (Lipinski definition) is 3. The quantitative estimate of drug-likeness (QED) is 0.718. The molecule has 1 aliphatic rings. The monoisotopic (exact) mass is 188 g/mol. The van der Waals surface area contributed by atoms with Crippen molar-refractivity contribution in [1.82, 2.24) is 4.90 Å². The lowest BCUT2D eigenvalue weighted by Crippen LogP contribution is -2.40. The molecule has 1 heterocycles. The Kier molecular flexibility index (Phi) is 5.04. The van der Waals surface area contributed by atoms with Crippen LogP contribution in [0.4, 0.5) is 0 Å². The molecule has 72 valence electrons. The first-order valence-corrected chi connectivity index (χ1v) is 6.05. The number of hydrogen-bond donors (Lipinski definition) is 1. The molecule has 0 unspecified atom stereocenters. The molecule has 1 saturated heterocycles. The summed E-state index contributed by atoms with van der Waals surface area (Å²) in [5.41, 5.74) is 5.56. The van der Waals surface area contributed by atoms with Crippen molar-refractivity contribution in [1.29, 1.82) is 0 Å². The Morgan fingerprint density at radius 2 is 2.08 bits per heavy atom. The maximum Gasteiger partial charge on any atom is 0.0111 e. The maximum atomic E-state index is 5.56. The average Bonchev–Trinajstić information content (AvgIpc) is 2.15. The molecule has 1 fully saturated rings. The fraction of sp³-hybridized carbons (Fsp3) is 1.00. The van der Waals surface area contributed by atoms with E-state index < -0.39 is 0 Å². The van der Waals surface area contributed by atoms with E-state index in [-0.39, 0.29) is 0 Å². The molecule has 1 rings (SSSR count). The predicted molar refractivity (Wildman–Crippen MR) is 56.6 cm³/mol. The molecular formula is C9H20N2S. The van der Waals surface area contributed by atoms with Gasteiger partial charge in [0, 0.05) is 19.1 Å². The number of nitrogens with zero attached hydrogens (tertiary/aromatic N) is 1. The first-order chi connectivity index (χ1) is 5.88. The van der Waals surface area contributed by atoms with Gasteiger partial charge >= 0.3 is 0 Å². The summed E-state index contributed by atoms with van der Waals surface area (Å²) in [5, 5.41) is 0. The smallest absolute Gasteiger partial charge is 0.0111 e. The summed E-state index contributed by atoms with van der Waals surface area (Å²) < 4.78 is 0. The van der Waals surface area contributed by atoms with Crippen LogP contribution >= 0.6 is 11.8 Å². The predicted octanol–water partition coefficient (Wildman–Crippen LogP) is 1.16. The van der Waals surface area contributed by atoms with Crippen LogP contribution in [0, 0.1) is 0 Å². The first kappa shape index (κ1) is 10.4. The second-order valence-corrected chi connectivity index (χ2v) is 4.49. The van der Waals surface area contributed by atoms with E-state index in [1.54, 1.807) is 0 Å². The molecule has 1 aliphatic heterocycles. The minimum absolute atomic E-state index is 0.803. The molecule has 12 heavy (non-hydrogen) atoms. The molecular weight excluding hydrogens is 168 g/mol. The molecule has 0 atom stereocenters. The Labute approximate surface area is 79.9 Å². The van der Waals surface area contributed by atoms with Gasteiger partial charge in [-0.3, -0.25) is 4.90 Å². The van der Waals surface area contributed by atoms with Crippen molar-refractivity contribution in [3.63, 3.8) is 0 Å². The van der Waals surface area contributed by atoms with Crippen LogP contribution < -0.4 is 5.73 Å².